The van der Waals surface area contributed by atoms with Gasteiger partial charge in [0.25, 0.3) is 0 Å². The smallest absolute Gasteiger partial charge is 0.214 e. The lowest BCUT2D eigenvalue weighted by molar-refractivity contribution is -0.633. The van der Waals surface area contributed by atoms with Crippen molar-refractivity contribution in [3.05, 3.63) is 121 Å². The Morgan fingerprint density at radius 2 is 1.20 bits per heavy atom. The molecule has 0 spiro atoms. The maximum Gasteiger partial charge on any atom is 0.214 e. The van der Waals surface area contributed by atoms with Gasteiger partial charge in [0.2, 0.25) is 11.2 Å². The van der Waals surface area contributed by atoms with E-state index in [0.29, 0.717) is 0 Å². The second-order valence-electron chi connectivity index (χ2n) is 9.32. The summed E-state index contributed by atoms with van der Waals surface area (Å²) in [5.74, 6) is 0. The SMILES string of the molecule is Cc1c(-c2ccc3c(-n4c5ccccc5c5ccccc54)cccc3[n+]2C)ccc2ccccc12. The van der Waals surface area contributed by atoms with Crippen LogP contribution in [-0.2, 0) is 7.05 Å². The van der Waals surface area contributed by atoms with E-state index < -0.39 is 0 Å². The monoisotopic (exact) mass is 449 g/mol. The van der Waals surface area contributed by atoms with Crippen molar-refractivity contribution >= 4 is 43.5 Å². The van der Waals surface area contributed by atoms with Gasteiger partial charge in [-0.25, -0.2) is 0 Å². The molecule has 0 aliphatic heterocycles. The minimum Gasteiger partial charge on any atom is -0.308 e. The Morgan fingerprint density at radius 3 is 1.94 bits per heavy atom. The van der Waals surface area contributed by atoms with E-state index in [1.54, 1.807) is 0 Å². The highest BCUT2D eigenvalue weighted by Gasteiger charge is 2.20. The lowest BCUT2D eigenvalue weighted by Gasteiger charge is -2.13. The molecule has 5 aromatic carbocycles. The molecular weight excluding hydrogens is 424 g/mol. The number of pyridine rings is 1. The predicted octanol–water partition coefficient (Wildman–Crippen LogP) is 7.89. The molecule has 0 atom stereocenters. The van der Waals surface area contributed by atoms with Gasteiger partial charge in [-0.15, -0.1) is 0 Å². The van der Waals surface area contributed by atoms with Crippen LogP contribution >= 0.6 is 0 Å². The summed E-state index contributed by atoms with van der Waals surface area (Å²) in [5.41, 5.74) is 8.70. The van der Waals surface area contributed by atoms with Crippen LogP contribution in [0.5, 0.6) is 0 Å². The molecule has 0 aliphatic rings. The summed E-state index contributed by atoms with van der Waals surface area (Å²) in [6.45, 7) is 2.23. The molecule has 0 amide bonds. The summed E-state index contributed by atoms with van der Waals surface area (Å²) < 4.78 is 4.75. The van der Waals surface area contributed by atoms with Gasteiger partial charge in [0.15, 0.2) is 0 Å². The number of fused-ring (bicyclic) bond motifs is 5. The molecule has 2 heteroatoms. The van der Waals surface area contributed by atoms with Crippen LogP contribution in [0.25, 0.3) is 60.4 Å². The number of benzene rings is 5. The summed E-state index contributed by atoms with van der Waals surface area (Å²) >= 11 is 0. The molecule has 0 saturated carbocycles. The van der Waals surface area contributed by atoms with Crippen molar-refractivity contribution in [1.29, 1.82) is 0 Å². The molecule has 0 fully saturated rings. The van der Waals surface area contributed by atoms with E-state index >= 15 is 0 Å². The van der Waals surface area contributed by atoms with E-state index in [0.717, 1.165) is 0 Å². The predicted molar refractivity (Wildman–Crippen MR) is 147 cm³/mol. The molecule has 2 nitrogen and oxygen atoms in total. The molecular formula is C33H25N2+. The summed E-state index contributed by atoms with van der Waals surface area (Å²) in [6, 6.07) is 41.7. The number of aromatic nitrogens is 2. The van der Waals surface area contributed by atoms with Crippen molar-refractivity contribution in [2.45, 2.75) is 6.92 Å². The van der Waals surface area contributed by atoms with Crippen molar-refractivity contribution in [2.75, 3.05) is 0 Å². The van der Waals surface area contributed by atoms with Crippen molar-refractivity contribution < 1.29 is 4.57 Å². The fourth-order valence-corrected chi connectivity index (χ4v) is 5.76. The average Bonchev–Trinajstić information content (AvgIpc) is 3.24. The Hall–Kier alpha value is -4.43. The molecule has 0 bridgehead atoms. The standard InChI is InChI=1S/C33H25N2/c1-22-24-11-4-3-10-23(24)18-19-25(22)30-21-20-28-29(34(30)2)16-9-17-33(28)35-31-14-7-5-12-26(31)27-13-6-8-15-32(27)35/h3-21H,1-2H3/q+1. The number of para-hydroxylation sites is 2. The second kappa shape index (κ2) is 7.54. The van der Waals surface area contributed by atoms with Gasteiger partial charge in [-0.2, -0.15) is 4.57 Å². The van der Waals surface area contributed by atoms with E-state index in [-0.39, 0.29) is 0 Å². The Kier molecular flexibility index (Phi) is 4.31. The average molecular weight is 450 g/mol. The van der Waals surface area contributed by atoms with Crippen LogP contribution in [0, 0.1) is 6.92 Å². The first-order valence-corrected chi connectivity index (χ1v) is 12.1. The molecule has 0 aliphatic carbocycles. The first-order valence-electron chi connectivity index (χ1n) is 12.1. The summed E-state index contributed by atoms with van der Waals surface area (Å²) in [5, 5.41) is 6.40. The van der Waals surface area contributed by atoms with Crippen LogP contribution in [0.3, 0.4) is 0 Å². The highest BCUT2D eigenvalue weighted by atomic mass is 15.0. The van der Waals surface area contributed by atoms with Crippen molar-refractivity contribution in [2.24, 2.45) is 7.05 Å². The largest absolute Gasteiger partial charge is 0.308 e. The second-order valence-corrected chi connectivity index (χ2v) is 9.32. The zero-order valence-electron chi connectivity index (χ0n) is 19.9. The van der Waals surface area contributed by atoms with Gasteiger partial charge in [0.05, 0.1) is 22.1 Å². The molecule has 0 radical (unpaired) electrons. The molecule has 2 aromatic heterocycles. The Morgan fingerprint density at radius 1 is 0.543 bits per heavy atom. The topological polar surface area (TPSA) is 8.81 Å². The van der Waals surface area contributed by atoms with Gasteiger partial charge >= 0.3 is 0 Å². The van der Waals surface area contributed by atoms with E-state index in [1.165, 1.54) is 66.0 Å². The third kappa shape index (κ3) is 2.87. The minimum atomic E-state index is 1.21. The summed E-state index contributed by atoms with van der Waals surface area (Å²) in [6.07, 6.45) is 0. The van der Waals surface area contributed by atoms with E-state index in [4.69, 9.17) is 0 Å². The molecule has 2 heterocycles. The number of hydrogen-bond donors (Lipinski definition) is 0. The van der Waals surface area contributed by atoms with Crippen molar-refractivity contribution in [1.82, 2.24) is 4.57 Å². The van der Waals surface area contributed by atoms with Gasteiger partial charge in [-0.1, -0.05) is 72.8 Å². The van der Waals surface area contributed by atoms with Gasteiger partial charge < -0.3 is 4.57 Å². The van der Waals surface area contributed by atoms with E-state index in [9.17, 15) is 0 Å². The van der Waals surface area contributed by atoms with Crippen LogP contribution in [0.1, 0.15) is 5.56 Å². The highest BCUT2D eigenvalue weighted by molar-refractivity contribution is 6.10. The minimum absolute atomic E-state index is 1.21. The Bertz CT molecular complexity index is 1870. The van der Waals surface area contributed by atoms with Crippen molar-refractivity contribution in [3.8, 4) is 16.9 Å². The fourth-order valence-electron chi connectivity index (χ4n) is 5.76. The van der Waals surface area contributed by atoms with Gasteiger partial charge in [-0.05, 0) is 53.6 Å². The molecule has 166 valence electrons. The number of rotatable bonds is 2. The first kappa shape index (κ1) is 20.0. The Balaban J connectivity index is 1.51. The van der Waals surface area contributed by atoms with Crippen molar-refractivity contribution in [3.63, 3.8) is 0 Å². The fraction of sp³-hybridized carbons (Fsp3) is 0.0606. The van der Waals surface area contributed by atoms with Crippen LogP contribution in [0.4, 0.5) is 0 Å². The maximum absolute atomic E-state index is 2.41. The molecule has 0 N–H and O–H groups in total. The molecule has 7 rings (SSSR count). The third-order valence-corrected chi connectivity index (χ3v) is 7.49. The third-order valence-electron chi connectivity index (χ3n) is 7.49. The number of nitrogens with zero attached hydrogens (tertiary/aromatic N) is 2. The Labute approximate surface area is 204 Å². The summed E-state index contributed by atoms with van der Waals surface area (Å²) in [4.78, 5) is 0. The maximum atomic E-state index is 2.41. The molecule has 0 saturated heterocycles. The zero-order chi connectivity index (χ0) is 23.5. The zero-order valence-corrected chi connectivity index (χ0v) is 19.9. The molecule has 35 heavy (non-hydrogen) atoms. The normalized spacial score (nSPS) is 11.7. The number of hydrogen-bond acceptors (Lipinski definition) is 0. The highest BCUT2D eigenvalue weighted by Crippen LogP contribution is 2.35. The van der Waals surface area contributed by atoms with Crippen LogP contribution in [-0.4, -0.2) is 4.57 Å². The van der Waals surface area contributed by atoms with Gasteiger partial charge in [0, 0.05) is 28.5 Å². The lowest BCUT2D eigenvalue weighted by Crippen LogP contribution is -2.32. The first-order chi connectivity index (χ1) is 17.2. The van der Waals surface area contributed by atoms with Crippen LogP contribution < -0.4 is 4.57 Å². The number of aryl methyl sites for hydroxylation is 2. The van der Waals surface area contributed by atoms with Crippen LogP contribution in [0.2, 0.25) is 0 Å². The van der Waals surface area contributed by atoms with Gasteiger partial charge in [0.1, 0.15) is 7.05 Å². The molecule has 7 aromatic rings. The quantitative estimate of drug-likeness (QED) is 0.237. The lowest BCUT2D eigenvalue weighted by atomic mass is 9.97. The molecule has 0 unspecified atom stereocenters. The van der Waals surface area contributed by atoms with Gasteiger partial charge in [-0.3, -0.25) is 0 Å². The van der Waals surface area contributed by atoms with E-state index in [1.807, 2.05) is 0 Å². The summed E-state index contributed by atoms with van der Waals surface area (Å²) in [7, 11) is 2.18. The van der Waals surface area contributed by atoms with Crippen LogP contribution in [0.15, 0.2) is 115 Å². The van der Waals surface area contributed by atoms with E-state index in [2.05, 4.69) is 138 Å².